The minimum absolute atomic E-state index is 0.195. The number of carbonyl (C=O) groups excluding carboxylic acids is 2. The van der Waals surface area contributed by atoms with Crippen LogP contribution < -0.4 is 21.7 Å². The molecule has 0 aromatic heterocycles. The predicted octanol–water partition coefficient (Wildman–Crippen LogP) is 3.53. The molecule has 2 amide bonds. The quantitative estimate of drug-likeness (QED) is 0.230. The summed E-state index contributed by atoms with van der Waals surface area (Å²) in [5, 5.41) is 18.2. The number of nitriles is 1. The van der Waals surface area contributed by atoms with Crippen LogP contribution in [0.15, 0.2) is 78.9 Å². The second kappa shape index (κ2) is 12.6. The van der Waals surface area contributed by atoms with Crippen molar-refractivity contribution in [2.75, 3.05) is 42.6 Å². The third-order valence-corrected chi connectivity index (χ3v) is 7.22. The fraction of sp³-hybridized carbons (Fsp3) is 0.258. The van der Waals surface area contributed by atoms with Crippen LogP contribution in [0.25, 0.3) is 6.08 Å². The van der Waals surface area contributed by atoms with E-state index in [1.54, 1.807) is 54.6 Å². The predicted molar refractivity (Wildman–Crippen MR) is 155 cm³/mol. The van der Waals surface area contributed by atoms with E-state index in [-0.39, 0.29) is 11.8 Å². The molecule has 5 N–H and O–H groups in total. The molecule has 0 aliphatic carbocycles. The van der Waals surface area contributed by atoms with Gasteiger partial charge in [-0.15, -0.1) is 0 Å². The highest BCUT2D eigenvalue weighted by molar-refractivity contribution is 6.03. The maximum Gasteiger partial charge on any atom is 0.248 e. The average molecular weight is 537 g/mol. The lowest BCUT2D eigenvalue weighted by Crippen LogP contribution is -2.43. The molecular formula is C31H32N6O3. The summed E-state index contributed by atoms with van der Waals surface area (Å²) in [7, 11) is 0. The second-order valence-electron chi connectivity index (χ2n) is 9.98. The Morgan fingerprint density at radius 2 is 1.85 bits per heavy atom. The summed E-state index contributed by atoms with van der Waals surface area (Å²) in [5.74, 6) is -0.483. The monoisotopic (exact) mass is 536 g/mol. The van der Waals surface area contributed by atoms with Crippen LogP contribution in [0.3, 0.4) is 0 Å². The minimum Gasteiger partial charge on any atom is -0.397 e. The van der Waals surface area contributed by atoms with Crippen molar-refractivity contribution < 1.29 is 14.3 Å². The summed E-state index contributed by atoms with van der Waals surface area (Å²) < 4.78 is 5.70. The number of morpholine rings is 1. The molecule has 3 atom stereocenters. The zero-order valence-electron chi connectivity index (χ0n) is 22.0. The largest absolute Gasteiger partial charge is 0.397 e. The van der Waals surface area contributed by atoms with Crippen molar-refractivity contribution in [3.8, 4) is 6.07 Å². The number of rotatable bonds is 10. The van der Waals surface area contributed by atoms with E-state index >= 15 is 0 Å². The summed E-state index contributed by atoms with van der Waals surface area (Å²) in [4.78, 5) is 28.1. The van der Waals surface area contributed by atoms with Gasteiger partial charge in [-0.2, -0.15) is 5.26 Å². The Bertz CT molecular complexity index is 1410. The highest BCUT2D eigenvalue weighted by Crippen LogP contribution is 2.27. The van der Waals surface area contributed by atoms with E-state index in [1.807, 2.05) is 24.3 Å². The molecule has 9 nitrogen and oxygen atoms in total. The first-order valence-corrected chi connectivity index (χ1v) is 13.3. The standard InChI is InChI=1S/C31H32N6O3/c32-18-22-7-12-24(13-8-22)35-31(39)30(34-15-16-37-19-26-17-25(37)20-40-26)23-10-5-21(6-11-23)9-14-29(38)36-28-4-2-1-3-27(28)33/h1-14,25-26,30,34H,15-17,19-20,33H2,(H,35,39)(H,36,38)/t25-,26-,30?/m0/s1. The van der Waals surface area contributed by atoms with Crippen molar-refractivity contribution in [1.82, 2.24) is 10.2 Å². The summed E-state index contributed by atoms with van der Waals surface area (Å²) in [6, 6.07) is 23.3. The van der Waals surface area contributed by atoms with E-state index < -0.39 is 6.04 Å². The molecule has 2 aliphatic heterocycles. The number of nitrogens with one attached hydrogen (secondary N) is 3. The molecule has 3 aromatic rings. The van der Waals surface area contributed by atoms with E-state index in [2.05, 4.69) is 26.9 Å². The molecule has 2 bridgehead atoms. The first-order valence-electron chi connectivity index (χ1n) is 13.3. The number of likely N-dealkylation sites (tertiary alicyclic amines) is 1. The lowest BCUT2D eigenvalue weighted by atomic mass is 10.0. The molecule has 3 aromatic carbocycles. The average Bonchev–Trinajstić information content (AvgIpc) is 3.60. The van der Waals surface area contributed by atoms with Crippen LogP contribution in [-0.2, 0) is 14.3 Å². The van der Waals surface area contributed by atoms with Crippen LogP contribution in [0.1, 0.15) is 29.2 Å². The number of hydrogen-bond donors (Lipinski definition) is 4. The maximum absolute atomic E-state index is 13.4. The SMILES string of the molecule is N#Cc1ccc(NC(=O)C(NCCN2C[C@@H]3C[C@H]2CO3)c2ccc(C=CC(=O)Nc3ccccc3N)cc2)cc1. The fourth-order valence-electron chi connectivity index (χ4n) is 5.07. The number of para-hydroxylation sites is 2. The van der Waals surface area contributed by atoms with E-state index in [4.69, 9.17) is 15.7 Å². The van der Waals surface area contributed by atoms with Gasteiger partial charge in [0.05, 0.1) is 35.7 Å². The summed E-state index contributed by atoms with van der Waals surface area (Å²) >= 11 is 0. The first-order chi connectivity index (χ1) is 19.5. The third kappa shape index (κ3) is 6.74. The minimum atomic E-state index is -0.589. The van der Waals surface area contributed by atoms with Gasteiger partial charge in [-0.05, 0) is 60.0 Å². The van der Waals surface area contributed by atoms with Crippen molar-refractivity contribution in [3.05, 3.63) is 95.6 Å². The lowest BCUT2D eigenvalue weighted by Gasteiger charge is -2.27. The van der Waals surface area contributed by atoms with Crippen molar-refractivity contribution in [1.29, 1.82) is 5.26 Å². The number of nitrogens with two attached hydrogens (primary N) is 1. The molecule has 2 aliphatic rings. The molecular weight excluding hydrogens is 504 g/mol. The molecule has 0 spiro atoms. The maximum atomic E-state index is 13.4. The summed E-state index contributed by atoms with van der Waals surface area (Å²) in [5.41, 5.74) is 9.72. The Balaban J connectivity index is 1.24. The van der Waals surface area contributed by atoms with Gasteiger partial charge in [-0.1, -0.05) is 36.4 Å². The first kappa shape index (κ1) is 27.1. The fourth-order valence-corrected chi connectivity index (χ4v) is 5.07. The molecule has 2 saturated heterocycles. The van der Waals surface area contributed by atoms with Crippen LogP contribution >= 0.6 is 0 Å². The number of hydrogen-bond acceptors (Lipinski definition) is 7. The van der Waals surface area contributed by atoms with Crippen molar-refractivity contribution in [2.24, 2.45) is 0 Å². The van der Waals surface area contributed by atoms with Gasteiger partial charge in [0, 0.05) is 37.4 Å². The third-order valence-electron chi connectivity index (χ3n) is 7.22. The van der Waals surface area contributed by atoms with Crippen molar-refractivity contribution in [3.63, 3.8) is 0 Å². The van der Waals surface area contributed by atoms with Crippen molar-refractivity contribution >= 4 is 35.0 Å². The number of carbonyl (C=O) groups is 2. The van der Waals surface area contributed by atoms with E-state index in [1.165, 1.54) is 6.08 Å². The van der Waals surface area contributed by atoms with Crippen LogP contribution in [0.5, 0.6) is 0 Å². The van der Waals surface area contributed by atoms with Crippen LogP contribution in [0.4, 0.5) is 17.1 Å². The Labute approximate surface area is 233 Å². The number of anilines is 3. The second-order valence-corrected chi connectivity index (χ2v) is 9.98. The number of ether oxygens (including phenoxy) is 1. The highest BCUT2D eigenvalue weighted by Gasteiger charge is 2.38. The van der Waals surface area contributed by atoms with E-state index in [9.17, 15) is 9.59 Å². The van der Waals surface area contributed by atoms with Crippen LogP contribution in [-0.4, -0.2) is 55.1 Å². The Hall–Kier alpha value is -4.49. The number of amides is 2. The summed E-state index contributed by atoms with van der Waals surface area (Å²) in [6.07, 6.45) is 4.56. The Morgan fingerprint density at radius 3 is 2.52 bits per heavy atom. The molecule has 0 saturated carbocycles. The molecule has 204 valence electrons. The van der Waals surface area contributed by atoms with Gasteiger partial charge in [0.2, 0.25) is 11.8 Å². The van der Waals surface area contributed by atoms with E-state index in [0.29, 0.717) is 41.3 Å². The molecule has 0 radical (unpaired) electrons. The molecule has 2 heterocycles. The smallest absolute Gasteiger partial charge is 0.248 e. The van der Waals surface area contributed by atoms with Gasteiger partial charge in [0.25, 0.3) is 0 Å². The van der Waals surface area contributed by atoms with Gasteiger partial charge in [-0.3, -0.25) is 14.5 Å². The summed E-state index contributed by atoms with van der Waals surface area (Å²) in [6.45, 7) is 3.17. The highest BCUT2D eigenvalue weighted by atomic mass is 16.5. The zero-order chi connectivity index (χ0) is 27.9. The van der Waals surface area contributed by atoms with Gasteiger partial charge in [-0.25, -0.2) is 0 Å². The van der Waals surface area contributed by atoms with Crippen LogP contribution in [0, 0.1) is 11.3 Å². The molecule has 40 heavy (non-hydrogen) atoms. The molecule has 2 fully saturated rings. The number of nitrogen functional groups attached to an aromatic ring is 1. The molecule has 5 rings (SSSR count). The van der Waals surface area contributed by atoms with Gasteiger partial charge < -0.3 is 26.4 Å². The van der Waals surface area contributed by atoms with E-state index in [0.717, 1.165) is 37.2 Å². The topological polar surface area (TPSA) is 133 Å². The number of benzene rings is 3. The Kier molecular flexibility index (Phi) is 8.52. The molecule has 9 heteroatoms. The van der Waals surface area contributed by atoms with Gasteiger partial charge in [0.1, 0.15) is 6.04 Å². The number of fused-ring (bicyclic) bond motifs is 2. The zero-order valence-corrected chi connectivity index (χ0v) is 22.0. The molecule has 1 unspecified atom stereocenters. The van der Waals surface area contributed by atoms with Crippen LogP contribution in [0.2, 0.25) is 0 Å². The normalized spacial score (nSPS) is 18.9. The van der Waals surface area contributed by atoms with Gasteiger partial charge >= 0.3 is 0 Å². The van der Waals surface area contributed by atoms with Gasteiger partial charge in [0.15, 0.2) is 0 Å². The Morgan fingerprint density at radius 1 is 1.07 bits per heavy atom. The van der Waals surface area contributed by atoms with Crippen molar-refractivity contribution in [2.45, 2.75) is 24.6 Å². The lowest BCUT2D eigenvalue weighted by molar-refractivity contribution is -0.118. The number of nitrogens with zero attached hydrogens (tertiary/aromatic N) is 2.